The Balaban J connectivity index is 0. The van der Waals surface area contributed by atoms with Crippen molar-refractivity contribution in [2.24, 2.45) is 0 Å². The zero-order valence-electron chi connectivity index (χ0n) is 8.86. The maximum Gasteiger partial charge on any atom is 0.370 e. The number of carbonyl (C=O) groups is 2. The van der Waals surface area contributed by atoms with Crippen LogP contribution < -0.4 is 0 Å². The zero-order valence-corrected chi connectivity index (χ0v) is 8.86. The van der Waals surface area contributed by atoms with E-state index >= 15 is 0 Å². The summed E-state index contributed by atoms with van der Waals surface area (Å²) in [6.07, 6.45) is 2.30. The van der Waals surface area contributed by atoms with Gasteiger partial charge in [-0.15, -0.1) is 0 Å². The van der Waals surface area contributed by atoms with Crippen LogP contribution in [0.3, 0.4) is 0 Å². The number of hydrogen-bond acceptors (Lipinski definition) is 3. The first kappa shape index (κ1) is 15.7. The van der Waals surface area contributed by atoms with Crippen LogP contribution in [0.2, 0.25) is 0 Å². The average molecular weight is 216 g/mol. The molecular formula is C10H16O5. The summed E-state index contributed by atoms with van der Waals surface area (Å²) in [5, 5.41) is 24.5. The molecule has 0 aliphatic heterocycles. The number of aliphatic hydroxyl groups is 1. The van der Waals surface area contributed by atoms with Gasteiger partial charge in [0.05, 0.1) is 0 Å². The third-order valence-corrected chi connectivity index (χ3v) is 1.35. The molecule has 0 aliphatic rings. The summed E-state index contributed by atoms with van der Waals surface area (Å²) in [4.78, 5) is 19.6. The van der Waals surface area contributed by atoms with Crippen molar-refractivity contribution >= 4 is 11.9 Å². The summed E-state index contributed by atoms with van der Waals surface area (Å²) < 4.78 is 0. The lowest BCUT2D eigenvalue weighted by Gasteiger charge is -1.87. The monoisotopic (exact) mass is 216 g/mol. The Kier molecular flexibility index (Phi) is 9.20. The molecule has 0 rings (SSSR count). The van der Waals surface area contributed by atoms with E-state index in [1.54, 1.807) is 13.8 Å². The lowest BCUT2D eigenvalue weighted by atomic mass is 10.2. The van der Waals surface area contributed by atoms with E-state index in [1.807, 2.05) is 0 Å². The van der Waals surface area contributed by atoms with Crippen LogP contribution in [0.15, 0.2) is 24.0 Å². The highest BCUT2D eigenvalue weighted by molar-refractivity contribution is 5.85. The molecule has 5 nitrogen and oxygen atoms in total. The van der Waals surface area contributed by atoms with Gasteiger partial charge in [-0.05, 0) is 18.9 Å². The maximum atomic E-state index is 9.83. The molecule has 3 N–H and O–H groups in total. The molecule has 15 heavy (non-hydrogen) atoms. The van der Waals surface area contributed by atoms with Gasteiger partial charge < -0.3 is 15.3 Å². The van der Waals surface area contributed by atoms with Gasteiger partial charge in [-0.1, -0.05) is 20.4 Å². The van der Waals surface area contributed by atoms with Crippen LogP contribution in [-0.4, -0.2) is 27.3 Å². The van der Waals surface area contributed by atoms with E-state index in [1.165, 1.54) is 6.08 Å². The molecular weight excluding hydrogens is 200 g/mol. The Morgan fingerprint density at radius 1 is 1.13 bits per heavy atom. The van der Waals surface area contributed by atoms with Gasteiger partial charge in [-0.25, -0.2) is 9.59 Å². The van der Waals surface area contributed by atoms with Gasteiger partial charge >= 0.3 is 11.9 Å². The topological polar surface area (TPSA) is 94.8 Å². The summed E-state index contributed by atoms with van der Waals surface area (Å²) in [7, 11) is 0. The fourth-order valence-electron chi connectivity index (χ4n) is 0.432. The van der Waals surface area contributed by atoms with E-state index < -0.39 is 17.7 Å². The normalized spacial score (nSPS) is 9.87. The Bertz CT molecular complexity index is 265. The van der Waals surface area contributed by atoms with Gasteiger partial charge in [-0.2, -0.15) is 0 Å². The van der Waals surface area contributed by atoms with Crippen LogP contribution in [0.1, 0.15) is 26.7 Å². The molecule has 5 heteroatoms. The van der Waals surface area contributed by atoms with Crippen molar-refractivity contribution in [3.8, 4) is 0 Å². The van der Waals surface area contributed by atoms with Crippen molar-refractivity contribution in [3.63, 3.8) is 0 Å². The molecule has 0 aromatic carbocycles. The van der Waals surface area contributed by atoms with Crippen LogP contribution in [0.5, 0.6) is 0 Å². The molecule has 0 radical (unpaired) electrons. The highest BCUT2D eigenvalue weighted by Crippen LogP contribution is 1.93. The van der Waals surface area contributed by atoms with Gasteiger partial charge in [0.2, 0.25) is 0 Å². The van der Waals surface area contributed by atoms with E-state index in [4.69, 9.17) is 15.3 Å². The highest BCUT2D eigenvalue weighted by Gasteiger charge is 1.99. The fraction of sp³-hybridized carbons (Fsp3) is 0.400. The molecule has 0 heterocycles. The third kappa shape index (κ3) is 10.1. The smallest absolute Gasteiger partial charge is 0.370 e. The first-order valence-corrected chi connectivity index (χ1v) is 4.40. The van der Waals surface area contributed by atoms with Gasteiger partial charge in [0.1, 0.15) is 0 Å². The molecule has 0 bridgehead atoms. The molecule has 0 aliphatic carbocycles. The van der Waals surface area contributed by atoms with E-state index in [9.17, 15) is 9.59 Å². The zero-order chi connectivity index (χ0) is 12.4. The molecule has 86 valence electrons. The molecule has 0 spiro atoms. The van der Waals surface area contributed by atoms with Gasteiger partial charge in [-0.3, -0.25) is 0 Å². The largest absolute Gasteiger partial charge is 0.502 e. The van der Waals surface area contributed by atoms with Gasteiger partial charge in [0, 0.05) is 5.57 Å². The molecule has 0 amide bonds. The second kappa shape index (κ2) is 8.80. The quantitative estimate of drug-likeness (QED) is 0.493. The molecule has 0 fully saturated rings. The van der Waals surface area contributed by atoms with Crippen molar-refractivity contribution in [1.29, 1.82) is 0 Å². The minimum Gasteiger partial charge on any atom is -0.502 e. The van der Waals surface area contributed by atoms with Gasteiger partial charge in [0.25, 0.3) is 0 Å². The van der Waals surface area contributed by atoms with Crippen molar-refractivity contribution < 1.29 is 24.9 Å². The Morgan fingerprint density at radius 3 is 1.67 bits per heavy atom. The van der Waals surface area contributed by atoms with Crippen molar-refractivity contribution in [2.75, 3.05) is 0 Å². The first-order chi connectivity index (χ1) is 6.86. The molecule has 0 unspecified atom stereocenters. The number of aliphatic hydroxyl groups excluding tert-OH is 1. The van der Waals surface area contributed by atoms with Crippen molar-refractivity contribution in [3.05, 3.63) is 24.0 Å². The number of aliphatic carboxylic acids is 2. The minimum absolute atomic E-state index is 0.264. The van der Waals surface area contributed by atoms with Crippen LogP contribution in [0.4, 0.5) is 0 Å². The van der Waals surface area contributed by atoms with Crippen LogP contribution >= 0.6 is 0 Å². The number of carboxylic acid groups (broad SMARTS) is 2. The number of carboxylic acids is 2. The van der Waals surface area contributed by atoms with Gasteiger partial charge in [0.15, 0.2) is 5.76 Å². The molecule has 0 saturated carbocycles. The summed E-state index contributed by atoms with van der Waals surface area (Å²) in [6.45, 7) is 6.78. The summed E-state index contributed by atoms with van der Waals surface area (Å²) in [6, 6.07) is 0. The maximum absolute atomic E-state index is 9.83. The number of rotatable bonds is 4. The average Bonchev–Trinajstić information content (AvgIpc) is 2.17. The van der Waals surface area contributed by atoms with Crippen molar-refractivity contribution in [2.45, 2.75) is 26.7 Å². The van der Waals surface area contributed by atoms with E-state index in [0.29, 0.717) is 12.8 Å². The summed E-state index contributed by atoms with van der Waals surface area (Å²) >= 11 is 0. The van der Waals surface area contributed by atoms with E-state index in [2.05, 4.69) is 6.58 Å². The number of allylic oxidation sites excluding steroid dienone is 1. The minimum atomic E-state index is -1.27. The summed E-state index contributed by atoms with van der Waals surface area (Å²) in [5.74, 6) is -2.75. The molecule has 0 aromatic rings. The summed E-state index contributed by atoms with van der Waals surface area (Å²) in [5.41, 5.74) is 0.264. The Labute approximate surface area is 88.4 Å². The van der Waals surface area contributed by atoms with Crippen LogP contribution in [0, 0.1) is 0 Å². The Morgan fingerprint density at radius 2 is 1.60 bits per heavy atom. The lowest BCUT2D eigenvalue weighted by Crippen LogP contribution is -1.97. The second-order valence-corrected chi connectivity index (χ2v) is 2.57. The van der Waals surface area contributed by atoms with Crippen LogP contribution in [0.25, 0.3) is 0 Å². The first-order valence-electron chi connectivity index (χ1n) is 4.40. The predicted molar refractivity (Wildman–Crippen MR) is 55.7 cm³/mol. The fourth-order valence-corrected chi connectivity index (χ4v) is 0.432. The Hall–Kier alpha value is -1.78. The standard InChI is InChI=1S/C5H8O3.C5H8O2/c1-2-3-4(6)5(7)8;1-3-4(2)5(6)7/h3,6H,2H2,1H3,(H,7,8);2-3H2,1H3,(H,6,7)/b4-3-;. The van der Waals surface area contributed by atoms with Crippen LogP contribution in [-0.2, 0) is 9.59 Å². The lowest BCUT2D eigenvalue weighted by molar-refractivity contribution is -0.135. The SMILES string of the molecule is C=C(CC)C(=O)O.CC/C=C(\O)C(=O)O. The van der Waals surface area contributed by atoms with E-state index in [0.717, 1.165) is 0 Å². The predicted octanol–water partition coefficient (Wildman–Crippen LogP) is 1.96. The molecule has 0 atom stereocenters. The van der Waals surface area contributed by atoms with E-state index in [-0.39, 0.29) is 5.57 Å². The third-order valence-electron chi connectivity index (χ3n) is 1.35. The number of hydrogen-bond donors (Lipinski definition) is 3. The van der Waals surface area contributed by atoms with Crippen molar-refractivity contribution in [1.82, 2.24) is 0 Å². The second-order valence-electron chi connectivity index (χ2n) is 2.57. The molecule has 0 saturated heterocycles. The highest BCUT2D eigenvalue weighted by atomic mass is 16.4. The molecule has 0 aromatic heterocycles.